The largest absolute Gasteiger partial charge is 0.395 e. The molecule has 1 amide bonds. The highest BCUT2D eigenvalue weighted by Crippen LogP contribution is 2.10. The summed E-state index contributed by atoms with van der Waals surface area (Å²) in [5, 5.41) is 14.4. The lowest BCUT2D eigenvalue weighted by molar-refractivity contribution is -0.116. The number of nitrogens with zero attached hydrogens (tertiary/aromatic N) is 1. The maximum Gasteiger partial charge on any atom is 0.224 e. The van der Waals surface area contributed by atoms with Crippen molar-refractivity contribution < 1.29 is 9.90 Å². The van der Waals surface area contributed by atoms with Crippen molar-refractivity contribution in [3.8, 4) is 0 Å². The maximum atomic E-state index is 11.4. The third-order valence-corrected chi connectivity index (χ3v) is 2.22. The molecule has 17 heavy (non-hydrogen) atoms. The van der Waals surface area contributed by atoms with Gasteiger partial charge in [0, 0.05) is 13.0 Å². The summed E-state index contributed by atoms with van der Waals surface area (Å²) in [6, 6.07) is 3.56. The normalized spacial score (nSPS) is 10.0. The molecule has 0 aromatic carbocycles. The Kier molecular flexibility index (Phi) is 6.03. The molecule has 0 atom stereocenters. The highest BCUT2D eigenvalue weighted by Gasteiger charge is 2.01. The lowest BCUT2D eigenvalue weighted by Crippen LogP contribution is -2.11. The molecule has 0 aliphatic rings. The van der Waals surface area contributed by atoms with E-state index in [2.05, 4.69) is 22.5 Å². The number of amides is 1. The van der Waals surface area contributed by atoms with E-state index < -0.39 is 0 Å². The fourth-order valence-electron chi connectivity index (χ4n) is 1.32. The zero-order valence-electron chi connectivity index (χ0n) is 10.1. The fraction of sp³-hybridized carbons (Fsp3) is 0.500. The standard InChI is InChI=1S/C12H19N3O2/c1-2-3-4-12(17)15-10-5-6-11(14-9-10)13-7-8-16/h5-6,9,16H,2-4,7-8H2,1H3,(H,13,14)(H,15,17). The molecule has 0 saturated carbocycles. The van der Waals surface area contributed by atoms with Crippen LogP contribution in [0.2, 0.25) is 0 Å². The number of carbonyl (C=O) groups is 1. The van der Waals surface area contributed by atoms with Crippen LogP contribution in [0.1, 0.15) is 26.2 Å². The Morgan fingerprint density at radius 3 is 2.88 bits per heavy atom. The highest BCUT2D eigenvalue weighted by atomic mass is 16.3. The van der Waals surface area contributed by atoms with Gasteiger partial charge in [0.15, 0.2) is 0 Å². The molecule has 3 N–H and O–H groups in total. The summed E-state index contributed by atoms with van der Waals surface area (Å²) in [5.74, 6) is 0.704. The Hall–Kier alpha value is -1.62. The van der Waals surface area contributed by atoms with Gasteiger partial charge in [-0.1, -0.05) is 13.3 Å². The minimum atomic E-state index is 0.0183. The van der Waals surface area contributed by atoms with Crippen molar-refractivity contribution in [3.63, 3.8) is 0 Å². The summed E-state index contributed by atoms with van der Waals surface area (Å²) in [5.41, 5.74) is 0.695. The molecule has 0 radical (unpaired) electrons. The molecule has 1 aromatic rings. The van der Waals surface area contributed by atoms with Crippen LogP contribution in [0.25, 0.3) is 0 Å². The topological polar surface area (TPSA) is 74.2 Å². The van der Waals surface area contributed by atoms with E-state index in [0.29, 0.717) is 24.5 Å². The summed E-state index contributed by atoms with van der Waals surface area (Å²) >= 11 is 0. The van der Waals surface area contributed by atoms with Crippen molar-refractivity contribution in [2.75, 3.05) is 23.8 Å². The molecule has 5 heteroatoms. The number of hydrogen-bond acceptors (Lipinski definition) is 4. The Bertz CT molecular complexity index is 338. The van der Waals surface area contributed by atoms with Crippen molar-refractivity contribution in [1.82, 2.24) is 4.98 Å². The molecule has 0 saturated heterocycles. The van der Waals surface area contributed by atoms with Crippen LogP contribution in [0.5, 0.6) is 0 Å². The van der Waals surface area contributed by atoms with Gasteiger partial charge in [0.1, 0.15) is 5.82 Å². The van der Waals surface area contributed by atoms with E-state index in [0.717, 1.165) is 12.8 Å². The van der Waals surface area contributed by atoms with Crippen LogP contribution in [-0.4, -0.2) is 29.1 Å². The zero-order valence-corrected chi connectivity index (χ0v) is 10.1. The molecule has 1 rings (SSSR count). The molecule has 0 aliphatic carbocycles. The molecule has 0 bridgehead atoms. The number of carbonyl (C=O) groups excluding carboxylic acids is 1. The molecular weight excluding hydrogens is 218 g/mol. The number of anilines is 2. The van der Waals surface area contributed by atoms with Crippen molar-refractivity contribution >= 4 is 17.4 Å². The third kappa shape index (κ3) is 5.31. The summed E-state index contributed by atoms with van der Waals surface area (Å²) in [6.07, 6.45) is 4.05. The number of hydrogen-bond donors (Lipinski definition) is 3. The highest BCUT2D eigenvalue weighted by molar-refractivity contribution is 5.90. The second-order valence-corrected chi connectivity index (χ2v) is 3.73. The molecule has 0 unspecified atom stereocenters. The lowest BCUT2D eigenvalue weighted by atomic mass is 10.2. The van der Waals surface area contributed by atoms with Gasteiger partial charge in [0.25, 0.3) is 0 Å². The number of nitrogens with one attached hydrogen (secondary N) is 2. The van der Waals surface area contributed by atoms with Crippen molar-refractivity contribution in [3.05, 3.63) is 18.3 Å². The van der Waals surface area contributed by atoms with Gasteiger partial charge in [0.2, 0.25) is 5.91 Å². The lowest BCUT2D eigenvalue weighted by Gasteiger charge is -2.06. The molecule has 0 aliphatic heterocycles. The molecule has 94 valence electrons. The SMILES string of the molecule is CCCCC(=O)Nc1ccc(NCCO)nc1. The number of aliphatic hydroxyl groups excluding tert-OH is 1. The summed E-state index contributed by atoms with van der Waals surface area (Å²) in [6.45, 7) is 2.59. The fourth-order valence-corrected chi connectivity index (χ4v) is 1.32. The van der Waals surface area contributed by atoms with Crippen LogP contribution in [0.3, 0.4) is 0 Å². The van der Waals surface area contributed by atoms with E-state index in [-0.39, 0.29) is 12.5 Å². The first-order valence-electron chi connectivity index (χ1n) is 5.87. The van der Waals surface area contributed by atoms with Gasteiger partial charge in [-0.3, -0.25) is 4.79 Å². The van der Waals surface area contributed by atoms with Crippen LogP contribution in [0.4, 0.5) is 11.5 Å². The Morgan fingerprint density at radius 2 is 2.29 bits per heavy atom. The summed E-state index contributed by atoms with van der Waals surface area (Å²) in [7, 11) is 0. The average Bonchev–Trinajstić information content (AvgIpc) is 2.35. The first-order chi connectivity index (χ1) is 8.26. The molecule has 1 heterocycles. The van der Waals surface area contributed by atoms with Crippen LogP contribution < -0.4 is 10.6 Å². The van der Waals surface area contributed by atoms with Gasteiger partial charge < -0.3 is 15.7 Å². The minimum absolute atomic E-state index is 0.0183. The summed E-state index contributed by atoms with van der Waals surface area (Å²) < 4.78 is 0. The number of rotatable bonds is 7. The maximum absolute atomic E-state index is 11.4. The predicted octanol–water partition coefficient (Wildman–Crippen LogP) is 1.61. The van der Waals surface area contributed by atoms with Crippen LogP contribution in [0, 0.1) is 0 Å². The second-order valence-electron chi connectivity index (χ2n) is 3.73. The van der Waals surface area contributed by atoms with Gasteiger partial charge in [-0.25, -0.2) is 4.98 Å². The van der Waals surface area contributed by atoms with Crippen LogP contribution in [-0.2, 0) is 4.79 Å². The van der Waals surface area contributed by atoms with Crippen LogP contribution in [0.15, 0.2) is 18.3 Å². The number of unbranched alkanes of at least 4 members (excludes halogenated alkanes) is 1. The molecule has 0 spiro atoms. The number of aliphatic hydroxyl groups is 1. The van der Waals surface area contributed by atoms with E-state index in [1.54, 1.807) is 18.3 Å². The second kappa shape index (κ2) is 7.62. The Balaban J connectivity index is 2.42. The average molecular weight is 237 g/mol. The van der Waals surface area contributed by atoms with E-state index >= 15 is 0 Å². The first-order valence-corrected chi connectivity index (χ1v) is 5.87. The minimum Gasteiger partial charge on any atom is -0.395 e. The quantitative estimate of drug-likeness (QED) is 0.673. The third-order valence-electron chi connectivity index (χ3n) is 2.22. The predicted molar refractivity (Wildman–Crippen MR) is 68.0 cm³/mol. The van der Waals surface area contributed by atoms with E-state index in [9.17, 15) is 4.79 Å². The molecule has 0 fully saturated rings. The van der Waals surface area contributed by atoms with Crippen molar-refractivity contribution in [2.24, 2.45) is 0 Å². The van der Waals surface area contributed by atoms with Crippen LogP contribution >= 0.6 is 0 Å². The summed E-state index contributed by atoms with van der Waals surface area (Å²) in [4.78, 5) is 15.6. The zero-order chi connectivity index (χ0) is 12.5. The molecule has 5 nitrogen and oxygen atoms in total. The van der Waals surface area contributed by atoms with Gasteiger partial charge in [-0.05, 0) is 18.6 Å². The monoisotopic (exact) mass is 237 g/mol. The molecule has 1 aromatic heterocycles. The van der Waals surface area contributed by atoms with Gasteiger partial charge in [0.05, 0.1) is 18.5 Å². The van der Waals surface area contributed by atoms with Gasteiger partial charge in [-0.2, -0.15) is 0 Å². The molecular formula is C12H19N3O2. The van der Waals surface area contributed by atoms with Gasteiger partial charge >= 0.3 is 0 Å². The first kappa shape index (κ1) is 13.4. The number of aromatic nitrogens is 1. The van der Waals surface area contributed by atoms with Gasteiger partial charge in [-0.15, -0.1) is 0 Å². The van der Waals surface area contributed by atoms with Crippen molar-refractivity contribution in [1.29, 1.82) is 0 Å². The number of pyridine rings is 1. The van der Waals surface area contributed by atoms with E-state index in [4.69, 9.17) is 5.11 Å². The Labute approximate surface area is 101 Å². The Morgan fingerprint density at radius 1 is 1.47 bits per heavy atom. The van der Waals surface area contributed by atoms with Crippen molar-refractivity contribution in [2.45, 2.75) is 26.2 Å². The smallest absolute Gasteiger partial charge is 0.224 e. The van der Waals surface area contributed by atoms with E-state index in [1.165, 1.54) is 0 Å². The van der Waals surface area contributed by atoms with E-state index in [1.807, 2.05) is 0 Å².